The highest BCUT2D eigenvalue weighted by atomic mass is 16.5. The first-order valence-electron chi connectivity index (χ1n) is 6.24. The van der Waals surface area contributed by atoms with Crippen molar-refractivity contribution in [3.63, 3.8) is 0 Å². The van der Waals surface area contributed by atoms with E-state index in [0.29, 0.717) is 17.6 Å². The van der Waals surface area contributed by atoms with E-state index in [1.165, 1.54) is 0 Å². The summed E-state index contributed by atoms with van der Waals surface area (Å²) in [4.78, 5) is 2.33. The zero-order chi connectivity index (χ0) is 12.8. The topological polar surface area (TPSA) is 24.5 Å². The fourth-order valence-electron chi connectivity index (χ4n) is 1.65. The standard InChI is InChI=1S/C13H30N2O/c1-11(2)16-9-8-15(7)10-12(14-6)13(3,4)5/h11-12,14H,8-10H2,1-7H3. The molecule has 1 unspecified atom stereocenters. The van der Waals surface area contributed by atoms with Crippen LogP contribution in [0.4, 0.5) is 0 Å². The fraction of sp³-hybridized carbons (Fsp3) is 1.00. The van der Waals surface area contributed by atoms with Crippen molar-refractivity contribution >= 4 is 0 Å². The molecule has 1 atom stereocenters. The van der Waals surface area contributed by atoms with Gasteiger partial charge in [-0.2, -0.15) is 0 Å². The molecule has 0 saturated heterocycles. The van der Waals surface area contributed by atoms with Crippen molar-refractivity contribution in [2.24, 2.45) is 5.41 Å². The molecule has 3 nitrogen and oxygen atoms in total. The monoisotopic (exact) mass is 230 g/mol. The minimum absolute atomic E-state index is 0.294. The number of ether oxygens (including phenoxy) is 1. The molecule has 0 fully saturated rings. The highest BCUT2D eigenvalue weighted by Crippen LogP contribution is 2.19. The Kier molecular flexibility index (Phi) is 7.20. The Hall–Kier alpha value is -0.120. The number of nitrogens with zero attached hydrogens (tertiary/aromatic N) is 1. The molecule has 0 rings (SSSR count). The van der Waals surface area contributed by atoms with Crippen LogP contribution in [0.3, 0.4) is 0 Å². The predicted octanol–water partition coefficient (Wildman–Crippen LogP) is 1.98. The van der Waals surface area contributed by atoms with E-state index < -0.39 is 0 Å². The van der Waals surface area contributed by atoms with Crippen LogP contribution in [0, 0.1) is 5.41 Å². The van der Waals surface area contributed by atoms with Crippen LogP contribution >= 0.6 is 0 Å². The molecule has 0 heterocycles. The maximum Gasteiger partial charge on any atom is 0.0596 e. The minimum atomic E-state index is 0.294. The van der Waals surface area contributed by atoms with Gasteiger partial charge in [0, 0.05) is 19.1 Å². The van der Waals surface area contributed by atoms with Crippen molar-refractivity contribution in [1.82, 2.24) is 10.2 Å². The van der Waals surface area contributed by atoms with E-state index >= 15 is 0 Å². The van der Waals surface area contributed by atoms with Crippen LogP contribution < -0.4 is 5.32 Å². The van der Waals surface area contributed by atoms with Gasteiger partial charge in [-0.3, -0.25) is 0 Å². The van der Waals surface area contributed by atoms with Gasteiger partial charge in [-0.15, -0.1) is 0 Å². The van der Waals surface area contributed by atoms with Gasteiger partial charge in [0.2, 0.25) is 0 Å². The Morgan fingerprint density at radius 1 is 1.25 bits per heavy atom. The summed E-state index contributed by atoms with van der Waals surface area (Å²) in [5.74, 6) is 0. The number of likely N-dealkylation sites (N-methyl/N-ethyl adjacent to an activating group) is 2. The lowest BCUT2D eigenvalue weighted by molar-refractivity contribution is 0.0593. The maximum absolute atomic E-state index is 5.55. The van der Waals surface area contributed by atoms with Crippen LogP contribution in [0.15, 0.2) is 0 Å². The van der Waals surface area contributed by atoms with Crippen molar-refractivity contribution < 1.29 is 4.74 Å². The van der Waals surface area contributed by atoms with Gasteiger partial charge < -0.3 is 15.0 Å². The fourth-order valence-corrected chi connectivity index (χ4v) is 1.65. The van der Waals surface area contributed by atoms with E-state index in [9.17, 15) is 0 Å². The molecule has 0 aliphatic rings. The van der Waals surface area contributed by atoms with E-state index in [1.54, 1.807) is 0 Å². The average Bonchev–Trinajstić information content (AvgIpc) is 2.11. The summed E-state index contributed by atoms with van der Waals surface area (Å²) >= 11 is 0. The van der Waals surface area contributed by atoms with Crippen molar-refractivity contribution in [2.45, 2.75) is 46.8 Å². The Morgan fingerprint density at radius 3 is 2.19 bits per heavy atom. The van der Waals surface area contributed by atoms with Crippen LogP contribution in [0.2, 0.25) is 0 Å². The molecule has 16 heavy (non-hydrogen) atoms. The molecule has 0 aliphatic carbocycles. The third-order valence-electron chi connectivity index (χ3n) is 2.81. The lowest BCUT2D eigenvalue weighted by Crippen LogP contribution is -2.46. The van der Waals surface area contributed by atoms with E-state index in [2.05, 4.69) is 51.9 Å². The van der Waals surface area contributed by atoms with Crippen LogP contribution in [-0.4, -0.2) is 50.8 Å². The highest BCUT2D eigenvalue weighted by Gasteiger charge is 2.23. The summed E-state index contributed by atoms with van der Waals surface area (Å²) in [6, 6.07) is 0.511. The second kappa shape index (κ2) is 7.25. The summed E-state index contributed by atoms with van der Waals surface area (Å²) in [6.45, 7) is 13.8. The molecule has 0 amide bonds. The Balaban J connectivity index is 3.88. The number of nitrogens with one attached hydrogen (secondary N) is 1. The molecule has 0 aromatic rings. The van der Waals surface area contributed by atoms with Crippen molar-refractivity contribution in [3.8, 4) is 0 Å². The van der Waals surface area contributed by atoms with Gasteiger partial charge in [-0.05, 0) is 33.4 Å². The molecule has 0 saturated carbocycles. The maximum atomic E-state index is 5.55. The zero-order valence-corrected chi connectivity index (χ0v) is 12.1. The van der Waals surface area contributed by atoms with Crippen molar-refractivity contribution in [2.75, 3.05) is 33.8 Å². The van der Waals surface area contributed by atoms with Gasteiger partial charge in [0.05, 0.1) is 12.7 Å². The van der Waals surface area contributed by atoms with E-state index in [0.717, 1.165) is 19.7 Å². The second-order valence-electron chi connectivity index (χ2n) is 5.89. The van der Waals surface area contributed by atoms with Gasteiger partial charge in [0.1, 0.15) is 0 Å². The van der Waals surface area contributed by atoms with Crippen LogP contribution in [0.1, 0.15) is 34.6 Å². The van der Waals surface area contributed by atoms with Gasteiger partial charge >= 0.3 is 0 Å². The van der Waals surface area contributed by atoms with Gasteiger partial charge in [0.25, 0.3) is 0 Å². The smallest absolute Gasteiger partial charge is 0.0596 e. The Labute approximate surface area is 102 Å². The van der Waals surface area contributed by atoms with E-state index in [1.807, 2.05) is 7.05 Å². The molecule has 1 N–H and O–H groups in total. The van der Waals surface area contributed by atoms with Crippen LogP contribution in [0.25, 0.3) is 0 Å². The number of rotatable bonds is 7. The highest BCUT2D eigenvalue weighted by molar-refractivity contribution is 4.81. The molecule has 0 aromatic heterocycles. The molecule has 0 spiro atoms. The number of hydrogen-bond donors (Lipinski definition) is 1. The van der Waals surface area contributed by atoms with E-state index in [4.69, 9.17) is 4.74 Å². The molecule has 98 valence electrons. The van der Waals surface area contributed by atoms with Crippen LogP contribution in [0.5, 0.6) is 0 Å². The van der Waals surface area contributed by atoms with Gasteiger partial charge in [-0.25, -0.2) is 0 Å². The second-order valence-corrected chi connectivity index (χ2v) is 5.89. The summed E-state index contributed by atoms with van der Waals surface area (Å²) in [5, 5.41) is 3.39. The zero-order valence-electron chi connectivity index (χ0n) is 12.1. The molecule has 0 radical (unpaired) electrons. The quantitative estimate of drug-likeness (QED) is 0.724. The van der Waals surface area contributed by atoms with Crippen molar-refractivity contribution in [3.05, 3.63) is 0 Å². The molecule has 0 aliphatic heterocycles. The van der Waals surface area contributed by atoms with E-state index in [-0.39, 0.29) is 0 Å². The summed E-state index contributed by atoms with van der Waals surface area (Å²) in [7, 11) is 4.19. The average molecular weight is 230 g/mol. The first kappa shape index (κ1) is 15.9. The summed E-state index contributed by atoms with van der Waals surface area (Å²) < 4.78 is 5.55. The van der Waals surface area contributed by atoms with Gasteiger partial charge in [-0.1, -0.05) is 20.8 Å². The summed E-state index contributed by atoms with van der Waals surface area (Å²) in [6.07, 6.45) is 0.330. The van der Waals surface area contributed by atoms with Crippen molar-refractivity contribution in [1.29, 1.82) is 0 Å². The molecule has 0 aromatic carbocycles. The molecular weight excluding hydrogens is 200 g/mol. The first-order chi connectivity index (χ1) is 7.27. The number of hydrogen-bond acceptors (Lipinski definition) is 3. The van der Waals surface area contributed by atoms with Gasteiger partial charge in [0.15, 0.2) is 0 Å². The Bertz CT molecular complexity index is 175. The lowest BCUT2D eigenvalue weighted by atomic mass is 9.86. The molecule has 3 heteroatoms. The molecule has 0 bridgehead atoms. The summed E-state index contributed by atoms with van der Waals surface area (Å²) in [5.41, 5.74) is 0.294. The lowest BCUT2D eigenvalue weighted by Gasteiger charge is -2.33. The third-order valence-corrected chi connectivity index (χ3v) is 2.81. The first-order valence-corrected chi connectivity index (χ1v) is 6.24. The molecular formula is C13H30N2O. The Morgan fingerprint density at radius 2 is 1.81 bits per heavy atom. The largest absolute Gasteiger partial charge is 0.377 e. The SMILES string of the molecule is CNC(CN(C)CCOC(C)C)C(C)(C)C. The third kappa shape index (κ3) is 7.20. The predicted molar refractivity (Wildman–Crippen MR) is 70.9 cm³/mol. The normalized spacial score (nSPS) is 14.8. The minimum Gasteiger partial charge on any atom is -0.377 e. The van der Waals surface area contributed by atoms with Crippen LogP contribution in [-0.2, 0) is 4.74 Å².